The lowest BCUT2D eigenvalue weighted by Gasteiger charge is -2.13. The molecule has 0 spiro atoms. The van der Waals surface area contributed by atoms with Crippen molar-refractivity contribution in [3.63, 3.8) is 0 Å². The van der Waals surface area contributed by atoms with Crippen molar-refractivity contribution < 1.29 is 23.5 Å². The standard InChI is InChI=1S/C27H30O6/c1-6-31-27(30)19-9-7-18(8-10-19)25-23(13-16(2)3)33-22-15-20(11-12-21(22)26(25)29)32-24(28)14-17(4)5/h7-12,15-17H,6,13-14H2,1-5H3. The van der Waals surface area contributed by atoms with Gasteiger partial charge in [0.25, 0.3) is 0 Å². The maximum Gasteiger partial charge on any atom is 0.338 e. The van der Waals surface area contributed by atoms with Gasteiger partial charge < -0.3 is 13.9 Å². The van der Waals surface area contributed by atoms with Crippen molar-refractivity contribution in [3.05, 3.63) is 64.0 Å². The lowest BCUT2D eigenvalue weighted by Crippen LogP contribution is -2.12. The van der Waals surface area contributed by atoms with Crippen molar-refractivity contribution in [2.24, 2.45) is 11.8 Å². The first-order chi connectivity index (χ1) is 15.7. The highest BCUT2D eigenvalue weighted by molar-refractivity contribution is 5.90. The fraction of sp³-hybridized carbons (Fsp3) is 0.370. The molecule has 3 aromatic rings. The molecular formula is C27H30O6. The molecule has 0 atom stereocenters. The molecule has 1 aromatic heterocycles. The topological polar surface area (TPSA) is 82.8 Å². The summed E-state index contributed by atoms with van der Waals surface area (Å²) in [5.41, 5.74) is 1.76. The molecule has 0 radical (unpaired) electrons. The fourth-order valence-corrected chi connectivity index (χ4v) is 3.58. The molecule has 2 aromatic carbocycles. The van der Waals surface area contributed by atoms with Crippen LogP contribution in [0.3, 0.4) is 0 Å². The quantitative estimate of drug-likeness (QED) is 0.319. The van der Waals surface area contributed by atoms with E-state index >= 15 is 0 Å². The van der Waals surface area contributed by atoms with Crippen molar-refractivity contribution in [1.82, 2.24) is 0 Å². The molecule has 0 saturated carbocycles. The average molecular weight is 451 g/mol. The second-order valence-corrected chi connectivity index (χ2v) is 8.86. The Balaban J connectivity index is 2.06. The van der Waals surface area contributed by atoms with E-state index in [1.807, 2.05) is 27.7 Å². The molecule has 0 saturated heterocycles. The Bertz CT molecular complexity index is 1200. The third kappa shape index (κ3) is 5.89. The number of carbonyl (C=O) groups is 2. The zero-order valence-corrected chi connectivity index (χ0v) is 19.8. The van der Waals surface area contributed by atoms with Crippen LogP contribution in [0, 0.1) is 11.8 Å². The molecule has 0 N–H and O–H groups in total. The third-order valence-electron chi connectivity index (χ3n) is 5.02. The predicted octanol–water partition coefficient (Wildman–Crippen LogP) is 5.79. The zero-order chi connectivity index (χ0) is 24.1. The Morgan fingerprint density at radius 2 is 1.67 bits per heavy atom. The molecular weight excluding hydrogens is 420 g/mol. The van der Waals surface area contributed by atoms with Crippen LogP contribution in [0.4, 0.5) is 0 Å². The van der Waals surface area contributed by atoms with Crippen molar-refractivity contribution >= 4 is 22.9 Å². The van der Waals surface area contributed by atoms with Crippen molar-refractivity contribution in [1.29, 1.82) is 0 Å². The molecule has 0 aliphatic heterocycles. The van der Waals surface area contributed by atoms with E-state index in [1.54, 1.807) is 49.4 Å². The number of ether oxygens (including phenoxy) is 2. The lowest BCUT2D eigenvalue weighted by atomic mass is 9.96. The van der Waals surface area contributed by atoms with Crippen molar-refractivity contribution in [2.45, 2.75) is 47.5 Å². The molecule has 6 nitrogen and oxygen atoms in total. The van der Waals surface area contributed by atoms with E-state index in [4.69, 9.17) is 13.9 Å². The molecule has 0 amide bonds. The van der Waals surface area contributed by atoms with Gasteiger partial charge in [-0.3, -0.25) is 9.59 Å². The number of fused-ring (bicyclic) bond motifs is 1. The zero-order valence-electron chi connectivity index (χ0n) is 19.8. The van der Waals surface area contributed by atoms with Gasteiger partial charge in [-0.1, -0.05) is 39.8 Å². The summed E-state index contributed by atoms with van der Waals surface area (Å²) in [5, 5.41) is 0.399. The van der Waals surface area contributed by atoms with Crippen LogP contribution in [0.15, 0.2) is 51.7 Å². The van der Waals surface area contributed by atoms with E-state index in [-0.39, 0.29) is 23.2 Å². The number of esters is 2. The minimum absolute atomic E-state index is 0.171. The van der Waals surface area contributed by atoms with Gasteiger partial charge in [-0.25, -0.2) is 4.79 Å². The monoisotopic (exact) mass is 450 g/mol. The van der Waals surface area contributed by atoms with Gasteiger partial charge in [0.15, 0.2) is 0 Å². The number of benzene rings is 2. The van der Waals surface area contributed by atoms with Gasteiger partial charge in [-0.2, -0.15) is 0 Å². The minimum Gasteiger partial charge on any atom is -0.462 e. The van der Waals surface area contributed by atoms with E-state index < -0.39 is 5.97 Å². The molecule has 6 heteroatoms. The largest absolute Gasteiger partial charge is 0.462 e. The summed E-state index contributed by atoms with van der Waals surface area (Å²) in [6.07, 6.45) is 0.860. The first kappa shape index (κ1) is 24.2. The van der Waals surface area contributed by atoms with Crippen LogP contribution in [0.5, 0.6) is 5.75 Å². The average Bonchev–Trinajstić information content (AvgIpc) is 2.73. The molecule has 0 aliphatic carbocycles. The Labute approximate surface area is 193 Å². The van der Waals surface area contributed by atoms with Gasteiger partial charge >= 0.3 is 11.9 Å². The lowest BCUT2D eigenvalue weighted by molar-refractivity contribution is -0.135. The van der Waals surface area contributed by atoms with Gasteiger partial charge in [-0.15, -0.1) is 0 Å². The van der Waals surface area contributed by atoms with Crippen LogP contribution in [0.2, 0.25) is 0 Å². The smallest absolute Gasteiger partial charge is 0.338 e. The SMILES string of the molecule is CCOC(=O)c1ccc(-c2c(CC(C)C)oc3cc(OC(=O)CC(C)C)ccc3c2=O)cc1. The summed E-state index contributed by atoms with van der Waals surface area (Å²) in [5.74, 6) is 0.598. The summed E-state index contributed by atoms with van der Waals surface area (Å²) in [4.78, 5) is 37.5. The second-order valence-electron chi connectivity index (χ2n) is 8.86. The second kappa shape index (κ2) is 10.5. The molecule has 0 fully saturated rings. The Kier molecular flexibility index (Phi) is 7.69. The summed E-state index contributed by atoms with van der Waals surface area (Å²) in [6.45, 7) is 10.0. The van der Waals surface area contributed by atoms with E-state index in [1.165, 1.54) is 0 Å². The predicted molar refractivity (Wildman–Crippen MR) is 128 cm³/mol. The molecule has 33 heavy (non-hydrogen) atoms. The summed E-state index contributed by atoms with van der Waals surface area (Å²) < 4.78 is 16.6. The van der Waals surface area contributed by atoms with Crippen LogP contribution in [0.25, 0.3) is 22.1 Å². The van der Waals surface area contributed by atoms with Crippen LogP contribution < -0.4 is 10.2 Å². The maximum absolute atomic E-state index is 13.5. The van der Waals surface area contributed by atoms with E-state index in [0.717, 1.165) is 0 Å². The van der Waals surface area contributed by atoms with Crippen LogP contribution in [-0.2, 0) is 16.0 Å². The molecule has 0 unspecified atom stereocenters. The third-order valence-corrected chi connectivity index (χ3v) is 5.02. The highest BCUT2D eigenvalue weighted by Crippen LogP contribution is 2.29. The molecule has 3 rings (SSSR count). The van der Waals surface area contributed by atoms with Gasteiger partial charge in [0, 0.05) is 18.9 Å². The first-order valence-electron chi connectivity index (χ1n) is 11.3. The van der Waals surface area contributed by atoms with Gasteiger partial charge in [0.05, 0.1) is 23.1 Å². The summed E-state index contributed by atoms with van der Waals surface area (Å²) >= 11 is 0. The molecule has 0 bridgehead atoms. The number of hydrogen-bond acceptors (Lipinski definition) is 6. The molecule has 1 heterocycles. The Morgan fingerprint density at radius 1 is 0.970 bits per heavy atom. The van der Waals surface area contributed by atoms with Gasteiger partial charge in [-0.05, 0) is 48.6 Å². The van der Waals surface area contributed by atoms with E-state index in [9.17, 15) is 14.4 Å². The molecule has 174 valence electrons. The van der Waals surface area contributed by atoms with E-state index in [2.05, 4.69) is 0 Å². The maximum atomic E-state index is 13.5. The number of carbonyl (C=O) groups excluding carboxylic acids is 2. The molecule has 0 aliphatic rings. The summed E-state index contributed by atoms with van der Waals surface area (Å²) in [7, 11) is 0. The highest BCUT2D eigenvalue weighted by Gasteiger charge is 2.19. The van der Waals surface area contributed by atoms with Crippen molar-refractivity contribution in [2.75, 3.05) is 6.61 Å². The van der Waals surface area contributed by atoms with Gasteiger partial charge in [0.2, 0.25) is 5.43 Å². The Hall–Kier alpha value is -3.41. The Morgan fingerprint density at radius 3 is 2.27 bits per heavy atom. The van der Waals surface area contributed by atoms with Crippen LogP contribution in [0.1, 0.15) is 57.2 Å². The van der Waals surface area contributed by atoms with Gasteiger partial charge in [0.1, 0.15) is 17.1 Å². The minimum atomic E-state index is -0.406. The van der Waals surface area contributed by atoms with E-state index in [0.29, 0.717) is 58.6 Å². The normalized spacial score (nSPS) is 11.2. The van der Waals surface area contributed by atoms with Crippen LogP contribution >= 0.6 is 0 Å². The van der Waals surface area contributed by atoms with Crippen molar-refractivity contribution in [3.8, 4) is 16.9 Å². The van der Waals surface area contributed by atoms with Crippen LogP contribution in [-0.4, -0.2) is 18.5 Å². The summed E-state index contributed by atoms with van der Waals surface area (Å²) in [6, 6.07) is 11.6. The number of rotatable bonds is 8. The highest BCUT2D eigenvalue weighted by atomic mass is 16.5. The number of hydrogen-bond donors (Lipinski definition) is 0. The first-order valence-corrected chi connectivity index (χ1v) is 11.3. The fourth-order valence-electron chi connectivity index (χ4n) is 3.58.